The second kappa shape index (κ2) is 6.83. The first-order valence-corrected chi connectivity index (χ1v) is 8.49. The van der Waals surface area contributed by atoms with Crippen molar-refractivity contribution >= 4 is 15.7 Å². The molecule has 0 aliphatic rings. The summed E-state index contributed by atoms with van der Waals surface area (Å²) in [5.74, 6) is 0.592. The summed E-state index contributed by atoms with van der Waals surface area (Å²) in [6.45, 7) is 1.57. The average molecular weight is 375 g/mol. The lowest BCUT2D eigenvalue weighted by Crippen LogP contribution is -2.15. The van der Waals surface area contributed by atoms with Gasteiger partial charge in [-0.15, -0.1) is 0 Å². The summed E-state index contributed by atoms with van der Waals surface area (Å²) >= 11 is 0. The fourth-order valence-electron chi connectivity index (χ4n) is 2.19. The van der Waals surface area contributed by atoms with E-state index in [0.29, 0.717) is 11.3 Å². The zero-order valence-corrected chi connectivity index (χ0v) is 14.5. The Balaban J connectivity index is 2.36. The van der Waals surface area contributed by atoms with Crippen molar-refractivity contribution in [3.63, 3.8) is 0 Å². The van der Waals surface area contributed by atoms with Gasteiger partial charge < -0.3 is 9.47 Å². The molecule has 1 N–H and O–H groups in total. The van der Waals surface area contributed by atoms with Gasteiger partial charge in [0.15, 0.2) is 11.5 Å². The van der Waals surface area contributed by atoms with Crippen LogP contribution in [0, 0.1) is 6.92 Å². The van der Waals surface area contributed by atoms with E-state index in [0.717, 1.165) is 24.3 Å². The van der Waals surface area contributed by atoms with Crippen LogP contribution in [0.25, 0.3) is 0 Å². The third kappa shape index (κ3) is 4.16. The van der Waals surface area contributed by atoms with E-state index in [2.05, 4.69) is 4.72 Å². The summed E-state index contributed by atoms with van der Waals surface area (Å²) < 4.78 is 75.2. The normalized spacial score (nSPS) is 11.9. The molecular formula is C16H16F3NO4S. The molecule has 0 heterocycles. The Labute approximate surface area is 143 Å². The predicted octanol–water partition coefficient (Wildman–Crippen LogP) is 3.83. The van der Waals surface area contributed by atoms with Crippen LogP contribution in [0.3, 0.4) is 0 Å². The van der Waals surface area contributed by atoms with E-state index in [4.69, 9.17) is 9.47 Å². The fourth-order valence-corrected chi connectivity index (χ4v) is 3.49. The van der Waals surface area contributed by atoms with Gasteiger partial charge in [-0.3, -0.25) is 4.72 Å². The van der Waals surface area contributed by atoms with E-state index in [9.17, 15) is 21.6 Å². The van der Waals surface area contributed by atoms with Crippen molar-refractivity contribution in [2.24, 2.45) is 0 Å². The second-order valence-corrected chi connectivity index (χ2v) is 6.80. The zero-order chi connectivity index (χ0) is 18.8. The number of benzene rings is 2. The Morgan fingerprint density at radius 2 is 1.48 bits per heavy atom. The molecule has 5 nitrogen and oxygen atoms in total. The third-order valence-electron chi connectivity index (χ3n) is 3.44. The molecule has 25 heavy (non-hydrogen) atoms. The van der Waals surface area contributed by atoms with Crippen molar-refractivity contribution in [3.8, 4) is 11.5 Å². The molecule has 0 fully saturated rings. The van der Waals surface area contributed by atoms with Gasteiger partial charge in [0.05, 0.1) is 24.7 Å². The van der Waals surface area contributed by atoms with Crippen LogP contribution in [-0.2, 0) is 16.2 Å². The van der Waals surface area contributed by atoms with Crippen molar-refractivity contribution in [3.05, 3.63) is 47.5 Å². The van der Waals surface area contributed by atoms with Crippen LogP contribution >= 0.6 is 0 Å². The number of nitrogens with one attached hydrogen (secondary N) is 1. The first-order valence-electron chi connectivity index (χ1n) is 7.01. The lowest BCUT2D eigenvalue weighted by atomic mass is 10.2. The van der Waals surface area contributed by atoms with E-state index < -0.39 is 21.8 Å². The highest BCUT2D eigenvalue weighted by Gasteiger charge is 2.30. The topological polar surface area (TPSA) is 64.6 Å². The van der Waals surface area contributed by atoms with E-state index in [1.54, 1.807) is 6.92 Å². The molecule has 9 heteroatoms. The second-order valence-electron chi connectivity index (χ2n) is 5.15. The molecule has 0 bridgehead atoms. The van der Waals surface area contributed by atoms with Crippen LogP contribution in [0.4, 0.5) is 18.9 Å². The smallest absolute Gasteiger partial charge is 0.416 e. The Bertz CT molecular complexity index is 862. The quantitative estimate of drug-likeness (QED) is 0.863. The van der Waals surface area contributed by atoms with Crippen LogP contribution in [-0.4, -0.2) is 22.6 Å². The molecular weight excluding hydrogens is 359 g/mol. The maximum atomic E-state index is 12.6. The van der Waals surface area contributed by atoms with E-state index in [1.165, 1.54) is 26.4 Å². The summed E-state index contributed by atoms with van der Waals surface area (Å²) in [7, 11) is -1.23. The molecule has 0 aromatic heterocycles. The molecule has 0 aliphatic heterocycles. The first kappa shape index (κ1) is 18.9. The van der Waals surface area contributed by atoms with Crippen LogP contribution in [0.2, 0.25) is 0 Å². The van der Waals surface area contributed by atoms with Gasteiger partial charge in [0.2, 0.25) is 0 Å². The minimum absolute atomic E-state index is 0.0159. The average Bonchev–Trinajstić information content (AvgIpc) is 2.53. The van der Waals surface area contributed by atoms with Crippen molar-refractivity contribution in [2.45, 2.75) is 18.0 Å². The number of hydrogen-bond donors (Lipinski definition) is 1. The number of alkyl halides is 3. The number of sulfonamides is 1. The molecule has 136 valence electrons. The van der Waals surface area contributed by atoms with Gasteiger partial charge in [0, 0.05) is 11.8 Å². The minimum atomic E-state index is -4.49. The van der Waals surface area contributed by atoms with Gasteiger partial charge >= 0.3 is 6.18 Å². The maximum absolute atomic E-state index is 12.6. The van der Waals surface area contributed by atoms with Crippen molar-refractivity contribution in [1.29, 1.82) is 0 Å². The largest absolute Gasteiger partial charge is 0.493 e. The van der Waals surface area contributed by atoms with Crippen LogP contribution < -0.4 is 14.2 Å². The Hall–Kier alpha value is -2.42. The molecule has 0 amide bonds. The molecule has 0 radical (unpaired) electrons. The highest BCUT2D eigenvalue weighted by molar-refractivity contribution is 7.92. The van der Waals surface area contributed by atoms with E-state index >= 15 is 0 Å². The van der Waals surface area contributed by atoms with E-state index in [-0.39, 0.29) is 16.3 Å². The molecule has 2 aromatic rings. The number of ether oxygens (including phenoxy) is 2. The highest BCUT2D eigenvalue weighted by Crippen LogP contribution is 2.34. The van der Waals surface area contributed by atoms with Gasteiger partial charge in [-0.05, 0) is 42.8 Å². The van der Waals surface area contributed by atoms with E-state index in [1.807, 2.05) is 0 Å². The summed E-state index contributed by atoms with van der Waals surface area (Å²) in [5.41, 5.74) is -0.447. The van der Waals surface area contributed by atoms with Crippen LogP contribution in [0.1, 0.15) is 11.1 Å². The fraction of sp³-hybridized carbons (Fsp3) is 0.250. The summed E-state index contributed by atoms with van der Waals surface area (Å²) in [5, 5.41) is 0. The standard InChI is InChI=1S/C16H16F3NO4S/c1-10-8-13(23-2)14(24-3)9-15(10)25(21,22)20-12-6-4-11(5-7-12)16(17,18)19/h4-9,20H,1-3H3. The molecule has 2 aromatic carbocycles. The van der Waals surface area contributed by atoms with Crippen molar-refractivity contribution < 1.29 is 31.1 Å². The minimum Gasteiger partial charge on any atom is -0.493 e. The number of methoxy groups -OCH3 is 2. The predicted molar refractivity (Wildman–Crippen MR) is 86.5 cm³/mol. The van der Waals surface area contributed by atoms with Gasteiger partial charge in [-0.1, -0.05) is 0 Å². The summed E-state index contributed by atoms with van der Waals surface area (Å²) in [6, 6.07) is 6.51. The number of hydrogen-bond acceptors (Lipinski definition) is 4. The number of rotatable bonds is 5. The first-order chi connectivity index (χ1) is 11.6. The van der Waals surface area contributed by atoms with Gasteiger partial charge in [0.25, 0.3) is 10.0 Å². The van der Waals surface area contributed by atoms with Gasteiger partial charge in [-0.2, -0.15) is 13.2 Å². The molecule has 2 rings (SSSR count). The Morgan fingerprint density at radius 3 is 1.96 bits per heavy atom. The molecule has 0 atom stereocenters. The lowest BCUT2D eigenvalue weighted by molar-refractivity contribution is -0.137. The molecule has 0 spiro atoms. The van der Waals surface area contributed by atoms with Crippen molar-refractivity contribution in [1.82, 2.24) is 0 Å². The maximum Gasteiger partial charge on any atom is 0.416 e. The lowest BCUT2D eigenvalue weighted by Gasteiger charge is -2.14. The molecule has 0 saturated carbocycles. The van der Waals surface area contributed by atoms with Gasteiger partial charge in [0.1, 0.15) is 0 Å². The summed E-state index contributed by atoms with van der Waals surface area (Å²) in [4.78, 5) is -0.0648. The highest BCUT2D eigenvalue weighted by atomic mass is 32.2. The monoisotopic (exact) mass is 375 g/mol. The van der Waals surface area contributed by atoms with Gasteiger partial charge in [-0.25, -0.2) is 8.42 Å². The Morgan fingerprint density at radius 1 is 0.960 bits per heavy atom. The zero-order valence-electron chi connectivity index (χ0n) is 13.6. The number of halogens is 3. The SMILES string of the molecule is COc1cc(C)c(S(=O)(=O)Nc2ccc(C(F)(F)F)cc2)cc1OC. The number of anilines is 1. The van der Waals surface area contributed by atoms with Crippen molar-refractivity contribution in [2.75, 3.05) is 18.9 Å². The van der Waals surface area contributed by atoms with Crippen LogP contribution in [0.15, 0.2) is 41.3 Å². The molecule has 0 unspecified atom stereocenters. The number of aryl methyl sites for hydroxylation is 1. The molecule has 0 saturated heterocycles. The summed E-state index contributed by atoms with van der Waals surface area (Å²) in [6.07, 6.45) is -4.49. The van der Waals surface area contributed by atoms with Crippen LogP contribution in [0.5, 0.6) is 11.5 Å². The third-order valence-corrected chi connectivity index (χ3v) is 4.96. The molecule has 0 aliphatic carbocycles. The Kier molecular flexibility index (Phi) is 5.17.